The number of benzene rings is 6. The number of rotatable bonds is 8. The Labute approximate surface area is 329 Å². The van der Waals surface area contributed by atoms with Crippen molar-refractivity contribution in [2.75, 3.05) is 0 Å². The van der Waals surface area contributed by atoms with Gasteiger partial charge in [-0.2, -0.15) is 9.97 Å². The molecule has 0 aliphatic carbocycles. The molecule has 7 heteroatoms. The van der Waals surface area contributed by atoms with Gasteiger partial charge in [0.25, 0.3) is 0 Å². The molecule has 0 fully saturated rings. The average Bonchev–Trinajstić information content (AvgIpc) is 3.80. The molecule has 0 N–H and O–H groups in total. The zero-order valence-electron chi connectivity index (χ0n) is 31.2. The van der Waals surface area contributed by atoms with Crippen LogP contribution in [0, 0.1) is 0 Å². The first-order chi connectivity index (χ1) is 28.2. The van der Waals surface area contributed by atoms with Crippen molar-refractivity contribution >= 4 is 49.3 Å². The number of fused-ring (bicyclic) bond motifs is 7. The standard InChI is InChI=1S/C50H35N7/c1-3-16-42(51-4-2)33-17-14-19-35(31-33)48-53-49(36-20-15-18-34(32-36)43-25-12-13-30-52-43)55-50(54-48)57-45-27-11-9-24-39(45)41-29-28-40-38-23-8-10-26-44(38)56(46(40)47(41)57)37-21-6-5-7-22-37/h3-32H,2H2,1H3/b16-3-,51-42?. The number of para-hydroxylation sites is 3. The SMILES string of the molecule is C=CN=C(/C=C\C)c1cccc(-c2nc(-c3cccc(-c4ccccn4)c3)nc(-n3c4ccccc4c4ccc5c6ccccc6n(-c6ccccc6)c5c43)n2)c1. The monoisotopic (exact) mass is 733 g/mol. The van der Waals surface area contributed by atoms with E-state index < -0.39 is 0 Å². The van der Waals surface area contributed by atoms with Gasteiger partial charge < -0.3 is 4.57 Å². The molecule has 0 bridgehead atoms. The number of hydrogen-bond acceptors (Lipinski definition) is 5. The zero-order chi connectivity index (χ0) is 38.3. The minimum atomic E-state index is 0.514. The minimum absolute atomic E-state index is 0.514. The van der Waals surface area contributed by atoms with E-state index in [1.54, 1.807) is 6.20 Å². The highest BCUT2D eigenvalue weighted by atomic mass is 15.2. The lowest BCUT2D eigenvalue weighted by molar-refractivity contribution is 0.953. The third-order valence-corrected chi connectivity index (χ3v) is 10.4. The van der Waals surface area contributed by atoms with E-state index in [4.69, 9.17) is 15.0 Å². The molecule has 0 saturated carbocycles. The molecule has 4 aromatic heterocycles. The lowest BCUT2D eigenvalue weighted by Gasteiger charge is -2.14. The quantitative estimate of drug-likeness (QED) is 0.146. The van der Waals surface area contributed by atoms with Crippen LogP contribution in [0.2, 0.25) is 0 Å². The van der Waals surface area contributed by atoms with Gasteiger partial charge in [0, 0.05) is 61.9 Å². The molecular weight excluding hydrogens is 699 g/mol. The summed E-state index contributed by atoms with van der Waals surface area (Å²) in [4.78, 5) is 25.1. The van der Waals surface area contributed by atoms with Crippen LogP contribution in [-0.4, -0.2) is 34.8 Å². The predicted molar refractivity (Wildman–Crippen MR) is 234 cm³/mol. The molecule has 0 aliphatic heterocycles. The first-order valence-corrected chi connectivity index (χ1v) is 18.9. The highest BCUT2D eigenvalue weighted by molar-refractivity contribution is 6.23. The van der Waals surface area contributed by atoms with Crippen LogP contribution in [-0.2, 0) is 0 Å². The second kappa shape index (κ2) is 14.1. The summed E-state index contributed by atoms with van der Waals surface area (Å²) in [5, 5.41) is 4.54. The summed E-state index contributed by atoms with van der Waals surface area (Å²) >= 11 is 0. The van der Waals surface area contributed by atoms with E-state index in [0.29, 0.717) is 17.6 Å². The molecule has 4 heterocycles. The van der Waals surface area contributed by atoms with E-state index in [-0.39, 0.29) is 0 Å². The summed E-state index contributed by atoms with van der Waals surface area (Å²) in [5.74, 6) is 1.61. The zero-order valence-corrected chi connectivity index (χ0v) is 31.2. The Balaban J connectivity index is 1.31. The molecule has 0 amide bonds. The van der Waals surface area contributed by atoms with E-state index in [2.05, 4.69) is 135 Å². The Morgan fingerprint density at radius 3 is 1.86 bits per heavy atom. The summed E-state index contributed by atoms with van der Waals surface area (Å²) in [7, 11) is 0. The highest BCUT2D eigenvalue weighted by Gasteiger charge is 2.23. The minimum Gasteiger partial charge on any atom is -0.307 e. The number of nitrogens with zero attached hydrogens (tertiary/aromatic N) is 7. The number of aromatic nitrogens is 6. The van der Waals surface area contributed by atoms with Crippen molar-refractivity contribution in [3.8, 4) is 45.7 Å². The van der Waals surface area contributed by atoms with Crippen LogP contribution < -0.4 is 0 Å². The lowest BCUT2D eigenvalue weighted by atomic mass is 10.0. The van der Waals surface area contributed by atoms with E-state index >= 15 is 0 Å². The van der Waals surface area contributed by atoms with Gasteiger partial charge in [0.05, 0.1) is 33.5 Å². The molecule has 0 saturated heterocycles. The van der Waals surface area contributed by atoms with Crippen molar-refractivity contribution in [2.45, 2.75) is 6.92 Å². The van der Waals surface area contributed by atoms with Crippen LogP contribution in [0.3, 0.4) is 0 Å². The molecule has 0 aliphatic rings. The maximum absolute atomic E-state index is 5.35. The van der Waals surface area contributed by atoms with Gasteiger partial charge in [-0.25, -0.2) is 4.98 Å². The van der Waals surface area contributed by atoms with Crippen molar-refractivity contribution in [2.24, 2.45) is 4.99 Å². The van der Waals surface area contributed by atoms with Gasteiger partial charge >= 0.3 is 0 Å². The third kappa shape index (κ3) is 5.81. The van der Waals surface area contributed by atoms with Gasteiger partial charge in [-0.15, -0.1) is 0 Å². The van der Waals surface area contributed by atoms with Crippen molar-refractivity contribution in [3.63, 3.8) is 0 Å². The Hall–Kier alpha value is -7.77. The highest BCUT2D eigenvalue weighted by Crippen LogP contribution is 2.41. The normalized spacial score (nSPS) is 12.1. The molecular formula is C50H35N7. The van der Waals surface area contributed by atoms with Crippen molar-refractivity contribution in [1.29, 1.82) is 0 Å². The van der Waals surface area contributed by atoms with E-state index in [9.17, 15) is 0 Å². The Kier molecular flexibility index (Phi) is 8.38. The molecule has 10 aromatic rings. The molecule has 270 valence electrons. The second-order valence-corrected chi connectivity index (χ2v) is 13.8. The fourth-order valence-corrected chi connectivity index (χ4v) is 7.92. The number of hydrogen-bond donors (Lipinski definition) is 0. The average molecular weight is 734 g/mol. The van der Waals surface area contributed by atoms with E-state index in [1.165, 1.54) is 5.39 Å². The first kappa shape index (κ1) is 33.8. The van der Waals surface area contributed by atoms with Gasteiger partial charge in [-0.1, -0.05) is 122 Å². The summed E-state index contributed by atoms with van der Waals surface area (Å²) < 4.78 is 4.59. The molecule has 10 rings (SSSR count). The molecule has 0 spiro atoms. The fraction of sp³-hybridized carbons (Fsp3) is 0.0200. The second-order valence-electron chi connectivity index (χ2n) is 13.8. The summed E-state index contributed by atoms with van der Waals surface area (Å²) in [5.41, 5.74) is 10.6. The number of aliphatic imine (C=N–C) groups is 1. The summed E-state index contributed by atoms with van der Waals surface area (Å²) in [6.45, 7) is 5.83. The Morgan fingerprint density at radius 1 is 0.561 bits per heavy atom. The lowest BCUT2D eigenvalue weighted by Crippen LogP contribution is -2.07. The first-order valence-electron chi connectivity index (χ1n) is 18.9. The molecule has 57 heavy (non-hydrogen) atoms. The van der Waals surface area contributed by atoms with Crippen LogP contribution in [0.1, 0.15) is 12.5 Å². The Morgan fingerprint density at radius 2 is 1.18 bits per heavy atom. The van der Waals surface area contributed by atoms with Gasteiger partial charge in [0.15, 0.2) is 11.6 Å². The maximum Gasteiger partial charge on any atom is 0.238 e. The number of allylic oxidation sites excluding steroid dienone is 2. The van der Waals surface area contributed by atoms with Crippen molar-refractivity contribution < 1.29 is 0 Å². The summed E-state index contributed by atoms with van der Waals surface area (Å²) in [6.07, 6.45) is 7.32. The van der Waals surface area contributed by atoms with Gasteiger partial charge in [0.1, 0.15) is 0 Å². The van der Waals surface area contributed by atoms with Gasteiger partial charge in [-0.05, 0) is 61.5 Å². The molecule has 0 atom stereocenters. The third-order valence-electron chi connectivity index (χ3n) is 10.4. The van der Waals surface area contributed by atoms with Crippen LogP contribution in [0.25, 0.3) is 89.3 Å². The smallest absolute Gasteiger partial charge is 0.238 e. The van der Waals surface area contributed by atoms with Crippen LogP contribution in [0.5, 0.6) is 0 Å². The van der Waals surface area contributed by atoms with Crippen molar-refractivity contribution in [1.82, 2.24) is 29.1 Å². The van der Waals surface area contributed by atoms with Crippen LogP contribution >= 0.6 is 0 Å². The Bertz CT molecular complexity index is 3210. The topological polar surface area (TPSA) is 73.8 Å². The van der Waals surface area contributed by atoms with Crippen LogP contribution in [0.15, 0.2) is 194 Å². The summed E-state index contributed by atoms with van der Waals surface area (Å²) in [6, 6.07) is 54.5. The fourth-order valence-electron chi connectivity index (χ4n) is 7.92. The van der Waals surface area contributed by atoms with Gasteiger partial charge in [0.2, 0.25) is 5.95 Å². The predicted octanol–water partition coefficient (Wildman–Crippen LogP) is 12.0. The largest absolute Gasteiger partial charge is 0.307 e. The molecule has 7 nitrogen and oxygen atoms in total. The van der Waals surface area contributed by atoms with E-state index in [1.807, 2.05) is 73.8 Å². The van der Waals surface area contributed by atoms with Crippen LogP contribution in [0.4, 0.5) is 0 Å². The maximum atomic E-state index is 5.35. The molecule has 0 unspecified atom stereocenters. The van der Waals surface area contributed by atoms with Gasteiger partial charge in [-0.3, -0.25) is 14.5 Å². The van der Waals surface area contributed by atoms with Crippen molar-refractivity contribution in [3.05, 3.63) is 194 Å². The molecule has 0 radical (unpaired) electrons. The molecule has 6 aromatic carbocycles. The number of pyridine rings is 1. The van der Waals surface area contributed by atoms with E-state index in [0.717, 1.165) is 77.6 Å².